The van der Waals surface area contributed by atoms with Crippen LogP contribution >= 0.6 is 0 Å². The van der Waals surface area contributed by atoms with Gasteiger partial charge in [-0.1, -0.05) is 12.1 Å². The highest BCUT2D eigenvalue weighted by Gasteiger charge is 2.26. The zero-order valence-electron chi connectivity index (χ0n) is 16.1. The van der Waals surface area contributed by atoms with Crippen molar-refractivity contribution >= 4 is 28.6 Å². The first-order chi connectivity index (χ1) is 14.4. The van der Waals surface area contributed by atoms with Gasteiger partial charge in [-0.25, -0.2) is 13.8 Å². The van der Waals surface area contributed by atoms with Crippen LogP contribution in [0.2, 0.25) is 0 Å². The number of carbonyl (C=O) groups excluding carboxylic acids is 1. The van der Waals surface area contributed by atoms with Gasteiger partial charge in [0.25, 0.3) is 5.91 Å². The fourth-order valence-electron chi connectivity index (χ4n) is 3.67. The first-order valence-electron chi connectivity index (χ1n) is 9.62. The zero-order valence-corrected chi connectivity index (χ0v) is 16.1. The van der Waals surface area contributed by atoms with E-state index >= 15 is 0 Å². The molecule has 3 aromatic rings. The molecule has 0 bridgehead atoms. The minimum Gasteiger partial charge on any atom is -0.492 e. The Kier molecular flexibility index (Phi) is 5.35. The number of piperidine rings is 1. The SMILES string of the molecule is Nc1nc(N)c2c(OCC3CCN(C(=O)c4cccc(F)c4F)CC3)cccc2n1. The van der Waals surface area contributed by atoms with Gasteiger partial charge in [-0.05, 0) is 43.0 Å². The van der Waals surface area contributed by atoms with E-state index in [1.165, 1.54) is 12.1 Å². The summed E-state index contributed by atoms with van der Waals surface area (Å²) in [5, 5.41) is 0.612. The van der Waals surface area contributed by atoms with E-state index in [2.05, 4.69) is 9.97 Å². The van der Waals surface area contributed by atoms with Gasteiger partial charge in [0, 0.05) is 13.1 Å². The Morgan fingerprint density at radius 2 is 1.83 bits per heavy atom. The normalized spacial score (nSPS) is 14.8. The van der Waals surface area contributed by atoms with Crippen LogP contribution in [0.1, 0.15) is 23.2 Å². The van der Waals surface area contributed by atoms with Crippen LogP contribution in [0.4, 0.5) is 20.5 Å². The molecule has 0 spiro atoms. The standard InChI is InChI=1S/C21H21F2N5O2/c22-14-4-1-3-13(18(14)23)20(29)28-9-7-12(8-10-28)11-30-16-6-2-5-15-17(16)19(24)27-21(25)26-15/h1-6,12H,7-11H2,(H4,24,25,26,27). The number of hydrogen-bond acceptors (Lipinski definition) is 6. The van der Waals surface area contributed by atoms with E-state index in [4.69, 9.17) is 16.2 Å². The molecule has 9 heteroatoms. The predicted octanol–water partition coefficient (Wildman–Crippen LogP) is 3.00. The van der Waals surface area contributed by atoms with Crippen LogP contribution in [0.3, 0.4) is 0 Å². The first kappa shape index (κ1) is 19.8. The minimum absolute atomic E-state index is 0.101. The van der Waals surface area contributed by atoms with Gasteiger partial charge in [0.05, 0.1) is 23.1 Å². The summed E-state index contributed by atoms with van der Waals surface area (Å²) in [6.07, 6.45) is 1.37. The molecule has 0 radical (unpaired) electrons. The lowest BCUT2D eigenvalue weighted by Gasteiger charge is -2.32. The number of nitrogens with zero attached hydrogens (tertiary/aromatic N) is 3. The molecule has 1 aliphatic rings. The van der Waals surface area contributed by atoms with E-state index in [0.717, 1.165) is 6.07 Å². The average Bonchev–Trinajstić information content (AvgIpc) is 2.73. The molecule has 1 saturated heterocycles. The van der Waals surface area contributed by atoms with Crippen molar-refractivity contribution < 1.29 is 18.3 Å². The molecule has 1 fully saturated rings. The molecular formula is C21H21F2N5O2. The maximum Gasteiger partial charge on any atom is 0.256 e. The number of aromatic nitrogens is 2. The number of likely N-dealkylation sites (tertiary alicyclic amines) is 1. The van der Waals surface area contributed by atoms with Crippen molar-refractivity contribution in [2.45, 2.75) is 12.8 Å². The Hall–Kier alpha value is -3.49. The van der Waals surface area contributed by atoms with Gasteiger partial charge in [0.15, 0.2) is 11.6 Å². The first-order valence-corrected chi connectivity index (χ1v) is 9.62. The maximum atomic E-state index is 13.9. The second-order valence-corrected chi connectivity index (χ2v) is 7.27. The van der Waals surface area contributed by atoms with Crippen molar-refractivity contribution in [1.29, 1.82) is 0 Å². The van der Waals surface area contributed by atoms with Gasteiger partial charge < -0.3 is 21.1 Å². The second kappa shape index (κ2) is 8.10. The molecule has 0 saturated carbocycles. The van der Waals surface area contributed by atoms with Gasteiger partial charge in [0.1, 0.15) is 11.6 Å². The predicted molar refractivity (Wildman–Crippen MR) is 109 cm³/mol. The number of halogens is 2. The van der Waals surface area contributed by atoms with E-state index in [1.807, 2.05) is 0 Å². The van der Waals surface area contributed by atoms with Crippen LogP contribution in [0.25, 0.3) is 10.9 Å². The highest BCUT2D eigenvalue weighted by Crippen LogP contribution is 2.30. The number of fused-ring (bicyclic) bond motifs is 1. The van der Waals surface area contributed by atoms with Crippen LogP contribution in [-0.4, -0.2) is 40.5 Å². The molecule has 7 nitrogen and oxygen atoms in total. The number of amides is 1. The maximum absolute atomic E-state index is 13.9. The molecule has 30 heavy (non-hydrogen) atoms. The number of benzene rings is 2. The van der Waals surface area contributed by atoms with E-state index < -0.39 is 17.5 Å². The lowest BCUT2D eigenvalue weighted by Crippen LogP contribution is -2.40. The Bertz CT molecular complexity index is 1100. The third-order valence-corrected chi connectivity index (χ3v) is 5.29. The number of ether oxygens (including phenoxy) is 1. The van der Waals surface area contributed by atoms with E-state index in [-0.39, 0.29) is 23.2 Å². The topological polar surface area (TPSA) is 107 Å². The van der Waals surface area contributed by atoms with Crippen molar-refractivity contribution in [2.24, 2.45) is 5.92 Å². The molecule has 1 aromatic heterocycles. The molecule has 1 aliphatic heterocycles. The largest absolute Gasteiger partial charge is 0.492 e. The number of nitrogen functional groups attached to an aromatic ring is 2. The summed E-state index contributed by atoms with van der Waals surface area (Å²) in [5.41, 5.74) is 12.0. The summed E-state index contributed by atoms with van der Waals surface area (Å²) in [5.74, 6) is -1.49. The molecule has 2 aromatic carbocycles. The third kappa shape index (κ3) is 3.83. The van der Waals surface area contributed by atoms with Gasteiger partial charge in [0.2, 0.25) is 5.95 Å². The number of rotatable bonds is 4. The molecule has 2 heterocycles. The third-order valence-electron chi connectivity index (χ3n) is 5.29. The van der Waals surface area contributed by atoms with Gasteiger partial charge >= 0.3 is 0 Å². The number of nitrogens with two attached hydrogens (primary N) is 2. The van der Waals surface area contributed by atoms with Crippen LogP contribution in [0.5, 0.6) is 5.75 Å². The Labute approximate surface area is 171 Å². The van der Waals surface area contributed by atoms with Crippen molar-refractivity contribution in [1.82, 2.24) is 14.9 Å². The smallest absolute Gasteiger partial charge is 0.256 e. The van der Waals surface area contributed by atoms with Gasteiger partial charge in [-0.2, -0.15) is 4.98 Å². The summed E-state index contributed by atoms with van der Waals surface area (Å²) < 4.78 is 33.3. The highest BCUT2D eigenvalue weighted by atomic mass is 19.2. The van der Waals surface area contributed by atoms with Crippen molar-refractivity contribution in [3.63, 3.8) is 0 Å². The van der Waals surface area contributed by atoms with E-state index in [9.17, 15) is 13.6 Å². The fourth-order valence-corrected chi connectivity index (χ4v) is 3.67. The molecule has 1 amide bonds. The average molecular weight is 413 g/mol. The molecule has 0 unspecified atom stereocenters. The fraction of sp³-hybridized carbons (Fsp3) is 0.286. The van der Waals surface area contributed by atoms with Crippen LogP contribution in [0, 0.1) is 17.6 Å². The van der Waals surface area contributed by atoms with Gasteiger partial charge in [-0.15, -0.1) is 0 Å². The molecule has 0 atom stereocenters. The molecule has 0 aliphatic carbocycles. The second-order valence-electron chi connectivity index (χ2n) is 7.27. The van der Waals surface area contributed by atoms with Crippen molar-refractivity contribution in [3.8, 4) is 5.75 Å². The van der Waals surface area contributed by atoms with E-state index in [1.54, 1.807) is 23.1 Å². The minimum atomic E-state index is -1.11. The summed E-state index contributed by atoms with van der Waals surface area (Å²) in [6, 6.07) is 9.01. The molecule has 4 rings (SSSR count). The lowest BCUT2D eigenvalue weighted by atomic mass is 9.97. The zero-order chi connectivity index (χ0) is 21.3. The van der Waals surface area contributed by atoms with Crippen molar-refractivity contribution in [3.05, 3.63) is 53.6 Å². The molecular weight excluding hydrogens is 392 g/mol. The van der Waals surface area contributed by atoms with Crippen LogP contribution < -0.4 is 16.2 Å². The van der Waals surface area contributed by atoms with Crippen LogP contribution in [0.15, 0.2) is 36.4 Å². The summed E-state index contributed by atoms with van der Waals surface area (Å²) in [6.45, 7) is 1.32. The summed E-state index contributed by atoms with van der Waals surface area (Å²) >= 11 is 0. The summed E-state index contributed by atoms with van der Waals surface area (Å²) in [4.78, 5) is 22.2. The summed E-state index contributed by atoms with van der Waals surface area (Å²) in [7, 11) is 0. The number of anilines is 2. The highest BCUT2D eigenvalue weighted by molar-refractivity contribution is 5.95. The molecule has 156 valence electrons. The lowest BCUT2D eigenvalue weighted by molar-refractivity contribution is 0.0656. The number of hydrogen-bond donors (Lipinski definition) is 2. The van der Waals surface area contributed by atoms with Gasteiger partial charge in [-0.3, -0.25) is 4.79 Å². The monoisotopic (exact) mass is 413 g/mol. The Balaban J connectivity index is 1.39. The number of carbonyl (C=O) groups is 1. The Morgan fingerprint density at radius 1 is 1.10 bits per heavy atom. The quantitative estimate of drug-likeness (QED) is 0.681. The Morgan fingerprint density at radius 3 is 2.60 bits per heavy atom. The molecule has 4 N–H and O–H groups in total. The van der Waals surface area contributed by atoms with Crippen LogP contribution in [-0.2, 0) is 0 Å². The van der Waals surface area contributed by atoms with E-state index in [0.29, 0.717) is 49.2 Å². The van der Waals surface area contributed by atoms with Crippen molar-refractivity contribution in [2.75, 3.05) is 31.2 Å².